The van der Waals surface area contributed by atoms with Crippen LogP contribution in [0.15, 0.2) is 65.8 Å². The molecule has 4 rings (SSSR count). The van der Waals surface area contributed by atoms with Gasteiger partial charge >= 0.3 is 0 Å². The van der Waals surface area contributed by atoms with E-state index in [1.54, 1.807) is 18.9 Å². The number of thioether (sulfide) groups is 1. The Hall–Kier alpha value is -2.94. The lowest BCUT2D eigenvalue weighted by molar-refractivity contribution is 0.0943. The zero-order valence-corrected chi connectivity index (χ0v) is 22.1. The van der Waals surface area contributed by atoms with Crippen LogP contribution in [0.5, 0.6) is 0 Å². The van der Waals surface area contributed by atoms with Gasteiger partial charge < -0.3 is 15.0 Å². The minimum absolute atomic E-state index is 0.0479. The summed E-state index contributed by atoms with van der Waals surface area (Å²) < 4.78 is 5.37. The number of methoxy groups -OCH3 is 1. The van der Waals surface area contributed by atoms with E-state index in [-0.39, 0.29) is 11.9 Å². The fraction of sp³-hybridized carbons (Fsp3) is 0.393. The predicted octanol–water partition coefficient (Wildman–Crippen LogP) is 4.38. The van der Waals surface area contributed by atoms with Gasteiger partial charge in [-0.2, -0.15) is 0 Å². The summed E-state index contributed by atoms with van der Waals surface area (Å²) in [5, 5.41) is 3.67. The average molecular weight is 506 g/mol. The first-order valence-corrected chi connectivity index (χ1v) is 13.4. The second-order valence-corrected chi connectivity index (χ2v) is 10.2. The Labute approximate surface area is 218 Å². The summed E-state index contributed by atoms with van der Waals surface area (Å²) in [6.07, 6.45) is 0. The van der Waals surface area contributed by atoms with E-state index < -0.39 is 0 Å². The molecular formula is C28H35N5O2S. The SMILES string of the molecule is COCc1cc(N2CCN(Cc3ccccc3)CC2)nc(SCc2ccc(C(=O)NC(C)C)cc2)n1. The minimum atomic E-state index is -0.0479. The summed E-state index contributed by atoms with van der Waals surface area (Å²) in [5.74, 6) is 1.64. The quantitative estimate of drug-likeness (QED) is 0.324. The van der Waals surface area contributed by atoms with Crippen LogP contribution in [0.3, 0.4) is 0 Å². The zero-order chi connectivity index (χ0) is 25.3. The van der Waals surface area contributed by atoms with Crippen molar-refractivity contribution in [3.63, 3.8) is 0 Å². The molecule has 0 bridgehead atoms. The third-order valence-corrected chi connectivity index (χ3v) is 6.90. The maximum absolute atomic E-state index is 12.2. The normalized spacial score (nSPS) is 14.3. The maximum Gasteiger partial charge on any atom is 0.251 e. The molecule has 2 heterocycles. The molecule has 1 N–H and O–H groups in total. The lowest BCUT2D eigenvalue weighted by atomic mass is 10.1. The summed E-state index contributed by atoms with van der Waals surface area (Å²) in [6, 6.07) is 20.5. The Morgan fingerprint density at radius 1 is 1.00 bits per heavy atom. The molecule has 36 heavy (non-hydrogen) atoms. The number of nitrogens with one attached hydrogen (secondary N) is 1. The highest BCUT2D eigenvalue weighted by Gasteiger charge is 2.20. The van der Waals surface area contributed by atoms with Gasteiger partial charge in [-0.25, -0.2) is 9.97 Å². The molecule has 0 unspecified atom stereocenters. The number of rotatable bonds is 10. The van der Waals surface area contributed by atoms with Crippen LogP contribution < -0.4 is 10.2 Å². The molecule has 3 aromatic rings. The molecule has 0 radical (unpaired) electrons. The van der Waals surface area contributed by atoms with Gasteiger partial charge in [0.25, 0.3) is 5.91 Å². The third-order valence-electron chi connectivity index (χ3n) is 5.99. The van der Waals surface area contributed by atoms with Crippen LogP contribution in [0, 0.1) is 0 Å². The van der Waals surface area contributed by atoms with Crippen molar-refractivity contribution in [2.75, 3.05) is 38.2 Å². The Morgan fingerprint density at radius 2 is 1.72 bits per heavy atom. The first kappa shape index (κ1) is 26.1. The van der Waals surface area contributed by atoms with E-state index >= 15 is 0 Å². The summed E-state index contributed by atoms with van der Waals surface area (Å²) in [4.78, 5) is 26.6. The molecule has 0 saturated carbocycles. The number of hydrogen-bond donors (Lipinski definition) is 1. The van der Waals surface area contributed by atoms with Crippen molar-refractivity contribution in [2.24, 2.45) is 0 Å². The molecule has 0 spiro atoms. The van der Waals surface area contributed by atoms with Crippen molar-refractivity contribution >= 4 is 23.5 Å². The third kappa shape index (κ3) is 7.53. The van der Waals surface area contributed by atoms with Gasteiger partial charge in [0.15, 0.2) is 5.16 Å². The second kappa shape index (κ2) is 12.9. The Kier molecular flexibility index (Phi) is 9.33. The standard InChI is InChI=1S/C28H35N5O2S/c1-21(2)29-27(34)24-11-9-23(10-12-24)20-36-28-30-25(19-35-3)17-26(31-28)33-15-13-32(14-16-33)18-22-7-5-4-6-8-22/h4-12,17,21H,13-16,18-20H2,1-3H3,(H,29,34). The molecule has 1 aliphatic heterocycles. The van der Waals surface area contributed by atoms with Crippen molar-refractivity contribution in [1.82, 2.24) is 20.2 Å². The summed E-state index contributed by atoms with van der Waals surface area (Å²) in [6.45, 7) is 9.21. The van der Waals surface area contributed by atoms with Gasteiger partial charge in [-0.3, -0.25) is 9.69 Å². The van der Waals surface area contributed by atoms with Crippen LogP contribution in [0.25, 0.3) is 0 Å². The van der Waals surface area contributed by atoms with Gasteiger partial charge in [-0.1, -0.05) is 54.2 Å². The van der Waals surface area contributed by atoms with E-state index in [0.29, 0.717) is 12.2 Å². The van der Waals surface area contributed by atoms with E-state index in [9.17, 15) is 4.79 Å². The van der Waals surface area contributed by atoms with Gasteiger partial charge in [0, 0.05) is 63.3 Å². The maximum atomic E-state index is 12.2. The van der Waals surface area contributed by atoms with E-state index in [0.717, 1.165) is 60.7 Å². The van der Waals surface area contributed by atoms with Crippen molar-refractivity contribution in [2.45, 2.75) is 44.0 Å². The van der Waals surface area contributed by atoms with E-state index in [1.165, 1.54) is 5.56 Å². The molecule has 0 aliphatic carbocycles. The van der Waals surface area contributed by atoms with Gasteiger partial charge in [-0.05, 0) is 37.1 Å². The molecule has 7 nitrogen and oxygen atoms in total. The van der Waals surface area contributed by atoms with E-state index in [1.807, 2.05) is 44.2 Å². The summed E-state index contributed by atoms with van der Waals surface area (Å²) in [5.41, 5.74) is 4.03. The average Bonchev–Trinajstić information content (AvgIpc) is 2.88. The smallest absolute Gasteiger partial charge is 0.251 e. The number of amides is 1. The van der Waals surface area contributed by atoms with Crippen LogP contribution in [0.2, 0.25) is 0 Å². The molecule has 1 aliphatic rings. The molecule has 2 aromatic carbocycles. The fourth-order valence-corrected chi connectivity index (χ4v) is 4.96. The van der Waals surface area contributed by atoms with E-state index in [4.69, 9.17) is 14.7 Å². The largest absolute Gasteiger partial charge is 0.378 e. The van der Waals surface area contributed by atoms with Crippen LogP contribution in [-0.4, -0.2) is 60.1 Å². The molecule has 8 heteroatoms. The molecule has 0 atom stereocenters. The summed E-state index contributed by atoms with van der Waals surface area (Å²) >= 11 is 1.60. The fourth-order valence-electron chi connectivity index (χ4n) is 4.13. The van der Waals surface area contributed by atoms with Crippen LogP contribution in [0.4, 0.5) is 5.82 Å². The Balaban J connectivity index is 1.37. The molecule has 190 valence electrons. The number of benzene rings is 2. The van der Waals surface area contributed by atoms with Crippen LogP contribution in [0.1, 0.15) is 41.0 Å². The van der Waals surface area contributed by atoms with Gasteiger partial charge in [0.05, 0.1) is 12.3 Å². The molecule has 1 amide bonds. The lowest BCUT2D eigenvalue weighted by Crippen LogP contribution is -2.46. The predicted molar refractivity (Wildman–Crippen MR) is 145 cm³/mol. The zero-order valence-electron chi connectivity index (χ0n) is 21.3. The highest BCUT2D eigenvalue weighted by atomic mass is 32.2. The number of anilines is 1. The second-order valence-electron chi connectivity index (χ2n) is 9.30. The van der Waals surface area contributed by atoms with Crippen molar-refractivity contribution < 1.29 is 9.53 Å². The van der Waals surface area contributed by atoms with Crippen LogP contribution >= 0.6 is 11.8 Å². The number of hydrogen-bond acceptors (Lipinski definition) is 7. The Morgan fingerprint density at radius 3 is 2.39 bits per heavy atom. The molecular weight excluding hydrogens is 470 g/mol. The van der Waals surface area contributed by atoms with Crippen molar-refractivity contribution in [1.29, 1.82) is 0 Å². The van der Waals surface area contributed by atoms with Gasteiger partial charge in [0.2, 0.25) is 0 Å². The lowest BCUT2D eigenvalue weighted by Gasteiger charge is -2.35. The molecule has 1 fully saturated rings. The molecule has 1 aromatic heterocycles. The van der Waals surface area contributed by atoms with Crippen molar-refractivity contribution in [3.05, 3.63) is 83.0 Å². The number of aromatic nitrogens is 2. The van der Waals surface area contributed by atoms with Gasteiger partial charge in [0.1, 0.15) is 5.82 Å². The highest BCUT2D eigenvalue weighted by molar-refractivity contribution is 7.98. The van der Waals surface area contributed by atoms with E-state index in [2.05, 4.69) is 45.4 Å². The number of nitrogens with zero attached hydrogens (tertiary/aromatic N) is 4. The van der Waals surface area contributed by atoms with Crippen LogP contribution in [-0.2, 0) is 23.6 Å². The van der Waals surface area contributed by atoms with Crippen molar-refractivity contribution in [3.8, 4) is 0 Å². The number of piperazine rings is 1. The first-order valence-electron chi connectivity index (χ1n) is 12.4. The topological polar surface area (TPSA) is 70.6 Å². The summed E-state index contributed by atoms with van der Waals surface area (Å²) in [7, 11) is 1.69. The highest BCUT2D eigenvalue weighted by Crippen LogP contribution is 2.24. The number of carbonyl (C=O) groups is 1. The van der Waals surface area contributed by atoms with Gasteiger partial charge in [-0.15, -0.1) is 0 Å². The molecule has 1 saturated heterocycles. The monoisotopic (exact) mass is 505 g/mol. The minimum Gasteiger partial charge on any atom is -0.378 e. The number of carbonyl (C=O) groups excluding carboxylic acids is 1. The Bertz CT molecular complexity index is 1120. The first-order chi connectivity index (χ1) is 17.5. The number of ether oxygens (including phenoxy) is 1.